The molecule has 0 bridgehead atoms. The highest BCUT2D eigenvalue weighted by Gasteiger charge is 2.33. The Morgan fingerprint density at radius 1 is 0.875 bits per heavy atom. The molecule has 0 saturated heterocycles. The summed E-state index contributed by atoms with van der Waals surface area (Å²) in [5.41, 5.74) is 16.2. The third-order valence-corrected chi connectivity index (χ3v) is 4.64. The number of unbranched alkanes of at least 4 members (excludes halogenated alkanes) is 1. The molecule has 0 aromatic carbocycles. The van der Waals surface area contributed by atoms with Crippen LogP contribution in [0, 0.1) is 5.92 Å². The summed E-state index contributed by atoms with van der Waals surface area (Å²) in [7, 11) is 0. The van der Waals surface area contributed by atoms with Gasteiger partial charge in [0.25, 0.3) is 0 Å². The van der Waals surface area contributed by atoms with Gasteiger partial charge in [0.2, 0.25) is 23.6 Å². The molecule has 0 aliphatic rings. The maximum absolute atomic E-state index is 12.7. The topological polar surface area (TPSA) is 240 Å². The highest BCUT2D eigenvalue weighted by molar-refractivity contribution is 5.95. The van der Waals surface area contributed by atoms with Gasteiger partial charge in [-0.25, -0.2) is 4.79 Å². The van der Waals surface area contributed by atoms with Gasteiger partial charge in [-0.15, -0.1) is 0 Å². The van der Waals surface area contributed by atoms with E-state index >= 15 is 0 Å². The molecule has 13 heteroatoms. The minimum Gasteiger partial charge on any atom is -0.480 e. The van der Waals surface area contributed by atoms with Crippen molar-refractivity contribution in [2.24, 2.45) is 23.1 Å². The molecule has 5 atom stereocenters. The molecule has 5 unspecified atom stereocenters. The lowest BCUT2D eigenvalue weighted by Crippen LogP contribution is -2.60. The van der Waals surface area contributed by atoms with E-state index in [1.54, 1.807) is 13.8 Å². The molecule has 4 amide bonds. The third-order valence-electron chi connectivity index (χ3n) is 4.64. The third kappa shape index (κ3) is 10.5. The number of amides is 4. The average molecular weight is 461 g/mol. The molecule has 0 aromatic heterocycles. The molecule has 0 saturated carbocycles. The quantitative estimate of drug-likeness (QED) is 0.115. The van der Waals surface area contributed by atoms with Crippen molar-refractivity contribution in [3.05, 3.63) is 0 Å². The Morgan fingerprint density at radius 2 is 1.41 bits per heavy atom. The summed E-state index contributed by atoms with van der Waals surface area (Å²) in [5.74, 6) is -5.27. The number of rotatable bonds is 15. The Bertz CT molecular complexity index is 671. The van der Waals surface area contributed by atoms with E-state index in [1.807, 2.05) is 0 Å². The van der Waals surface area contributed by atoms with E-state index in [9.17, 15) is 29.1 Å². The van der Waals surface area contributed by atoms with Crippen molar-refractivity contribution in [3.63, 3.8) is 0 Å². The normalized spacial score (nSPS) is 15.7. The van der Waals surface area contributed by atoms with Gasteiger partial charge >= 0.3 is 5.97 Å². The molecule has 13 nitrogen and oxygen atoms in total. The van der Waals surface area contributed by atoms with Gasteiger partial charge in [-0.05, 0) is 32.2 Å². The van der Waals surface area contributed by atoms with Crippen molar-refractivity contribution in [2.75, 3.05) is 6.54 Å². The van der Waals surface area contributed by atoms with Gasteiger partial charge in [-0.3, -0.25) is 19.2 Å². The van der Waals surface area contributed by atoms with Crippen molar-refractivity contribution in [2.45, 2.75) is 76.7 Å². The van der Waals surface area contributed by atoms with E-state index in [4.69, 9.17) is 22.3 Å². The molecule has 0 aliphatic carbocycles. The molecule has 0 rings (SSSR count). The van der Waals surface area contributed by atoms with Crippen LogP contribution in [0.25, 0.3) is 0 Å². The lowest BCUT2D eigenvalue weighted by atomic mass is 10.0. The number of nitrogens with two attached hydrogens (primary N) is 3. The van der Waals surface area contributed by atoms with Crippen molar-refractivity contribution >= 4 is 29.6 Å². The van der Waals surface area contributed by atoms with Gasteiger partial charge in [0.15, 0.2) is 0 Å². The van der Waals surface area contributed by atoms with Crippen LogP contribution in [-0.2, 0) is 24.0 Å². The van der Waals surface area contributed by atoms with Crippen molar-refractivity contribution in [1.82, 2.24) is 16.0 Å². The summed E-state index contributed by atoms with van der Waals surface area (Å²) in [6.07, 6.45) is -0.312. The standard InChI is InChI=1S/C19H36N6O7/c1-9(2)14(17(29)23-12(19(31)32)8-13(22)27)24-18(30)15(10(3)26)25-16(28)11(21)6-4-5-7-20/h9-12,14-15,26H,4-8,20-21H2,1-3H3,(H2,22,27)(H,23,29)(H,24,30)(H,25,28)(H,31,32). The summed E-state index contributed by atoms with van der Waals surface area (Å²) >= 11 is 0. The first kappa shape index (κ1) is 29.2. The maximum Gasteiger partial charge on any atom is 0.326 e. The number of carboxylic acids is 1. The van der Waals surface area contributed by atoms with Crippen molar-refractivity contribution in [1.29, 1.82) is 0 Å². The highest BCUT2D eigenvalue weighted by atomic mass is 16.4. The average Bonchev–Trinajstić information content (AvgIpc) is 2.68. The zero-order valence-corrected chi connectivity index (χ0v) is 18.7. The van der Waals surface area contributed by atoms with Crippen LogP contribution in [-0.4, -0.2) is 76.6 Å². The Labute approximate surface area is 186 Å². The predicted octanol–water partition coefficient (Wildman–Crippen LogP) is -3.11. The van der Waals surface area contributed by atoms with Gasteiger partial charge in [-0.1, -0.05) is 20.3 Å². The Kier molecular flexibility index (Phi) is 13.1. The first-order valence-electron chi connectivity index (χ1n) is 10.4. The molecule has 11 N–H and O–H groups in total. The summed E-state index contributed by atoms with van der Waals surface area (Å²) < 4.78 is 0. The van der Waals surface area contributed by atoms with Gasteiger partial charge in [-0.2, -0.15) is 0 Å². The lowest BCUT2D eigenvalue weighted by molar-refractivity contribution is -0.144. The molecule has 32 heavy (non-hydrogen) atoms. The number of aliphatic hydroxyl groups excluding tert-OH is 1. The number of aliphatic carboxylic acids is 1. The van der Waals surface area contributed by atoms with E-state index < -0.39 is 72.2 Å². The summed E-state index contributed by atoms with van der Waals surface area (Å²) in [4.78, 5) is 59.8. The van der Waals surface area contributed by atoms with E-state index in [-0.39, 0.29) is 0 Å². The van der Waals surface area contributed by atoms with E-state index in [2.05, 4.69) is 16.0 Å². The fourth-order valence-corrected chi connectivity index (χ4v) is 2.75. The second kappa shape index (κ2) is 14.3. The van der Waals surface area contributed by atoms with Crippen LogP contribution >= 0.6 is 0 Å². The highest BCUT2D eigenvalue weighted by Crippen LogP contribution is 2.06. The van der Waals surface area contributed by atoms with Crippen LogP contribution in [0.15, 0.2) is 0 Å². The maximum atomic E-state index is 12.7. The van der Waals surface area contributed by atoms with Crippen molar-refractivity contribution < 1.29 is 34.2 Å². The molecule has 184 valence electrons. The lowest BCUT2D eigenvalue weighted by Gasteiger charge is -2.28. The Hall–Kier alpha value is -2.77. The van der Waals surface area contributed by atoms with Gasteiger partial charge < -0.3 is 43.4 Å². The van der Waals surface area contributed by atoms with E-state index in [0.29, 0.717) is 25.8 Å². The molecule has 0 radical (unpaired) electrons. The SMILES string of the molecule is CC(C)C(NC(=O)C(NC(=O)C(N)CCCCN)C(C)O)C(=O)NC(CC(N)=O)C(=O)O. The van der Waals surface area contributed by atoms with Gasteiger partial charge in [0.05, 0.1) is 18.6 Å². The minimum atomic E-state index is -1.57. The van der Waals surface area contributed by atoms with Crippen LogP contribution in [0.4, 0.5) is 0 Å². The van der Waals surface area contributed by atoms with Crippen LogP contribution in [0.5, 0.6) is 0 Å². The number of hydrogen-bond acceptors (Lipinski definition) is 8. The van der Waals surface area contributed by atoms with Crippen LogP contribution < -0.4 is 33.2 Å². The molecular formula is C19H36N6O7. The van der Waals surface area contributed by atoms with E-state index in [0.717, 1.165) is 0 Å². The molecule has 0 fully saturated rings. The molecule has 0 heterocycles. The number of carbonyl (C=O) groups excluding carboxylic acids is 4. The van der Waals surface area contributed by atoms with Gasteiger partial charge in [0, 0.05) is 0 Å². The fourth-order valence-electron chi connectivity index (χ4n) is 2.75. The monoisotopic (exact) mass is 460 g/mol. The zero-order valence-electron chi connectivity index (χ0n) is 18.7. The molecule has 0 aromatic rings. The largest absolute Gasteiger partial charge is 0.480 e. The number of nitrogens with one attached hydrogen (secondary N) is 3. The number of carbonyl (C=O) groups is 5. The molecule has 0 spiro atoms. The van der Waals surface area contributed by atoms with Crippen molar-refractivity contribution in [3.8, 4) is 0 Å². The van der Waals surface area contributed by atoms with Crippen LogP contribution in [0.3, 0.4) is 0 Å². The minimum absolute atomic E-state index is 0.338. The van der Waals surface area contributed by atoms with Crippen LogP contribution in [0.1, 0.15) is 46.5 Å². The second-order valence-corrected chi connectivity index (χ2v) is 7.92. The molecule has 0 aliphatic heterocycles. The van der Waals surface area contributed by atoms with Gasteiger partial charge in [0.1, 0.15) is 18.1 Å². The van der Waals surface area contributed by atoms with Crippen LogP contribution in [0.2, 0.25) is 0 Å². The fraction of sp³-hybridized carbons (Fsp3) is 0.737. The smallest absolute Gasteiger partial charge is 0.326 e. The first-order valence-corrected chi connectivity index (χ1v) is 10.4. The van der Waals surface area contributed by atoms with E-state index in [1.165, 1.54) is 6.92 Å². The molecular weight excluding hydrogens is 424 g/mol. The summed E-state index contributed by atoms with van der Waals surface area (Å²) in [5, 5.41) is 26.0. The number of carboxylic acid groups (broad SMARTS) is 1. The second-order valence-electron chi connectivity index (χ2n) is 7.92. The summed E-state index contributed by atoms with van der Waals surface area (Å²) in [6, 6.07) is -5.10. The zero-order chi connectivity index (χ0) is 25.0. The Morgan fingerprint density at radius 3 is 1.84 bits per heavy atom. The number of primary amides is 1. The number of hydrogen-bond donors (Lipinski definition) is 8. The number of aliphatic hydroxyl groups is 1. The Balaban J connectivity index is 5.27. The summed E-state index contributed by atoms with van der Waals surface area (Å²) in [6.45, 7) is 4.92. The first-order chi connectivity index (χ1) is 14.8. The predicted molar refractivity (Wildman–Crippen MR) is 115 cm³/mol.